The van der Waals surface area contributed by atoms with E-state index in [1.165, 1.54) is 31.4 Å². The Kier molecular flexibility index (Phi) is 4.35. The second kappa shape index (κ2) is 6.35. The van der Waals surface area contributed by atoms with Crippen molar-refractivity contribution < 1.29 is 14.2 Å². The topological polar surface area (TPSA) is 29.5 Å². The van der Waals surface area contributed by atoms with E-state index in [4.69, 9.17) is 4.74 Å². The van der Waals surface area contributed by atoms with Crippen LogP contribution in [0.25, 0.3) is 0 Å². The van der Waals surface area contributed by atoms with Crippen LogP contribution in [0.2, 0.25) is 0 Å². The van der Waals surface area contributed by atoms with Crippen molar-refractivity contribution in [3.05, 3.63) is 11.3 Å². The van der Waals surface area contributed by atoms with E-state index in [-0.39, 0.29) is 11.5 Å². The lowest BCUT2D eigenvalue weighted by molar-refractivity contribution is -0.107. The molecule has 32 heavy (non-hydrogen) atoms. The summed E-state index contributed by atoms with van der Waals surface area (Å²) in [4.78, 5) is 0. The van der Waals surface area contributed by atoms with Gasteiger partial charge < -0.3 is 9.84 Å². The lowest BCUT2D eigenvalue weighted by Gasteiger charge is -2.58. The highest BCUT2D eigenvalue weighted by atomic mass is 19.1. The van der Waals surface area contributed by atoms with Crippen LogP contribution in [0.1, 0.15) is 106 Å². The summed E-state index contributed by atoms with van der Waals surface area (Å²) in [6.07, 6.45) is 10.6. The molecular weight excluding hydrogens is 399 g/mol. The average molecular weight is 445 g/mol. The lowest BCUT2D eigenvalue weighted by Crippen LogP contribution is -2.53. The largest absolute Gasteiger partial charge is 0.495 e. The second-order valence-electron chi connectivity index (χ2n) is 14.3. The molecule has 2 spiro atoms. The zero-order chi connectivity index (χ0) is 22.9. The predicted molar refractivity (Wildman–Crippen MR) is 126 cm³/mol. The first-order chi connectivity index (χ1) is 14.9. The van der Waals surface area contributed by atoms with Crippen LogP contribution in [0, 0.1) is 45.3 Å². The quantitative estimate of drug-likeness (QED) is 0.488. The highest BCUT2D eigenvalue weighted by molar-refractivity contribution is 5.37. The van der Waals surface area contributed by atoms with Gasteiger partial charge in [0.1, 0.15) is 12.3 Å². The Morgan fingerprint density at radius 1 is 1.00 bits per heavy atom. The molecule has 0 radical (unpaired) electrons. The van der Waals surface area contributed by atoms with Gasteiger partial charge in [0.05, 0.1) is 11.4 Å². The lowest BCUT2D eigenvalue weighted by atomic mass is 9.46. The average Bonchev–Trinajstić information content (AvgIpc) is 3.08. The molecule has 3 heteroatoms. The van der Waals surface area contributed by atoms with Crippen molar-refractivity contribution in [1.82, 2.24) is 0 Å². The Morgan fingerprint density at radius 3 is 2.47 bits per heavy atom. The van der Waals surface area contributed by atoms with Gasteiger partial charge in [0, 0.05) is 12.8 Å². The van der Waals surface area contributed by atoms with Crippen molar-refractivity contribution in [1.29, 1.82) is 0 Å². The molecule has 4 saturated carbocycles. The minimum Gasteiger partial charge on any atom is -0.495 e. The molecule has 9 atom stereocenters. The fourth-order valence-electron chi connectivity index (χ4n) is 11.1. The number of fused-ring (bicyclic) bond motifs is 3. The first-order valence-electron chi connectivity index (χ1n) is 13.6. The van der Waals surface area contributed by atoms with Crippen molar-refractivity contribution in [3.8, 4) is 0 Å². The summed E-state index contributed by atoms with van der Waals surface area (Å²) in [6, 6.07) is 0. The Bertz CT molecular complexity index is 854. The Morgan fingerprint density at radius 2 is 1.75 bits per heavy atom. The minimum atomic E-state index is -0.668. The van der Waals surface area contributed by atoms with Crippen LogP contribution in [-0.4, -0.2) is 23.0 Å². The molecule has 6 aliphatic rings. The van der Waals surface area contributed by atoms with E-state index in [1.807, 2.05) is 13.8 Å². The third-order valence-corrected chi connectivity index (χ3v) is 12.4. The first kappa shape index (κ1) is 21.9. The Hall–Kier alpha value is -0.570. The van der Waals surface area contributed by atoms with Crippen LogP contribution in [-0.2, 0) is 4.74 Å². The van der Waals surface area contributed by atoms with Crippen LogP contribution >= 0.6 is 0 Å². The van der Waals surface area contributed by atoms with Gasteiger partial charge >= 0.3 is 0 Å². The molecule has 180 valence electrons. The van der Waals surface area contributed by atoms with E-state index in [9.17, 15) is 5.11 Å². The molecule has 0 amide bonds. The maximum atomic E-state index is 15.1. The molecule has 0 aromatic heterocycles. The van der Waals surface area contributed by atoms with Crippen molar-refractivity contribution in [2.75, 3.05) is 0 Å². The summed E-state index contributed by atoms with van der Waals surface area (Å²) in [5.41, 5.74) is 1.95. The highest BCUT2D eigenvalue weighted by Crippen LogP contribution is 2.89. The molecule has 4 fully saturated rings. The van der Waals surface area contributed by atoms with Gasteiger partial charge in [0.25, 0.3) is 0 Å². The number of halogens is 1. The van der Waals surface area contributed by atoms with Gasteiger partial charge in [-0.1, -0.05) is 27.7 Å². The summed E-state index contributed by atoms with van der Waals surface area (Å²) in [6.45, 7) is 13.4. The van der Waals surface area contributed by atoms with Gasteiger partial charge in [-0.05, 0) is 116 Å². The molecule has 1 N–H and O–H groups in total. The monoisotopic (exact) mass is 444 g/mol. The van der Waals surface area contributed by atoms with Crippen molar-refractivity contribution in [2.45, 2.75) is 124 Å². The molecular formula is C29H45FO2. The highest BCUT2D eigenvalue weighted by Gasteiger charge is 2.84. The maximum absolute atomic E-state index is 15.1. The van der Waals surface area contributed by atoms with E-state index in [2.05, 4.69) is 27.7 Å². The number of rotatable bonds is 2. The van der Waals surface area contributed by atoms with Gasteiger partial charge in [0.15, 0.2) is 0 Å². The fraction of sp³-hybridized carbons (Fsp3) is 0.931. The summed E-state index contributed by atoms with van der Waals surface area (Å²) in [5, 5.41) is 10.3. The molecule has 0 aromatic carbocycles. The molecule has 1 aliphatic heterocycles. The summed E-state index contributed by atoms with van der Waals surface area (Å²) >= 11 is 0. The Balaban J connectivity index is 1.30. The molecule has 1 heterocycles. The van der Waals surface area contributed by atoms with Crippen LogP contribution in [0.5, 0.6) is 0 Å². The third kappa shape index (κ3) is 2.46. The van der Waals surface area contributed by atoms with Crippen LogP contribution in [0.15, 0.2) is 11.3 Å². The van der Waals surface area contributed by atoms with Gasteiger partial charge in [-0.25, -0.2) is 4.39 Å². The van der Waals surface area contributed by atoms with Crippen LogP contribution < -0.4 is 0 Å². The van der Waals surface area contributed by atoms with E-state index in [0.717, 1.165) is 50.4 Å². The predicted octanol–water partition coefficient (Wildman–Crippen LogP) is 7.21. The van der Waals surface area contributed by atoms with Crippen LogP contribution in [0.3, 0.4) is 0 Å². The molecule has 2 nitrogen and oxygen atoms in total. The normalized spacial score (nSPS) is 53.4. The fourth-order valence-corrected chi connectivity index (χ4v) is 11.1. The molecule has 0 saturated heterocycles. The molecule has 0 aromatic rings. The molecule has 0 bridgehead atoms. The summed E-state index contributed by atoms with van der Waals surface area (Å²) in [7, 11) is 0. The maximum Gasteiger partial charge on any atom is 0.105 e. The van der Waals surface area contributed by atoms with Crippen molar-refractivity contribution in [3.63, 3.8) is 0 Å². The zero-order valence-electron chi connectivity index (χ0n) is 21.3. The number of ether oxygens (including phenoxy) is 1. The summed E-state index contributed by atoms with van der Waals surface area (Å²) in [5.74, 6) is 4.10. The summed E-state index contributed by atoms with van der Waals surface area (Å²) < 4.78 is 21.7. The number of aliphatic hydroxyl groups is 1. The van der Waals surface area contributed by atoms with Gasteiger partial charge in [-0.3, -0.25) is 0 Å². The van der Waals surface area contributed by atoms with Crippen LogP contribution in [0.4, 0.5) is 4.39 Å². The smallest absolute Gasteiger partial charge is 0.105 e. The van der Waals surface area contributed by atoms with Gasteiger partial charge in [0.2, 0.25) is 0 Å². The zero-order valence-corrected chi connectivity index (χ0v) is 21.3. The molecule has 4 unspecified atom stereocenters. The van der Waals surface area contributed by atoms with E-state index < -0.39 is 11.8 Å². The van der Waals surface area contributed by atoms with E-state index in [0.29, 0.717) is 28.1 Å². The molecule has 5 aliphatic carbocycles. The SMILES string of the molecule is C[C@@H]1C23CCC(F)C(C)(C)C2CC[C@H]2C4CC5=C(CC[C@H](CC(C)(C)O)O5)[C@@]4(C)CC[C@]123. The minimum absolute atomic E-state index is 0.161. The van der Waals surface area contributed by atoms with Crippen molar-refractivity contribution >= 4 is 0 Å². The van der Waals surface area contributed by atoms with Gasteiger partial charge in [-0.2, -0.15) is 0 Å². The Labute approximate surface area is 194 Å². The van der Waals surface area contributed by atoms with Gasteiger partial charge in [-0.15, -0.1) is 0 Å². The first-order valence-corrected chi connectivity index (χ1v) is 13.6. The number of allylic oxidation sites excluding steroid dienone is 2. The second-order valence-corrected chi connectivity index (χ2v) is 14.3. The number of alkyl halides is 1. The van der Waals surface area contributed by atoms with Crippen molar-refractivity contribution in [2.24, 2.45) is 45.3 Å². The number of hydrogen-bond donors (Lipinski definition) is 1. The van der Waals surface area contributed by atoms with E-state index >= 15 is 4.39 Å². The van der Waals surface area contributed by atoms with E-state index in [1.54, 1.807) is 5.57 Å². The third-order valence-electron chi connectivity index (χ3n) is 12.4. The standard InChI is InChI=1S/C29H45FO2/c1-17-28-14-13-27(6)20-8-7-18(16-25(2,3)31)32-22(20)15-21(27)19(28)9-10-23-26(4,5)24(30)11-12-29(17,23)28/h17-19,21,23-24,31H,7-16H2,1-6H3/t17-,18+,19-,21?,23?,24?,27+,28-,29?/m0/s1. The molecule has 6 rings (SSSR count). The number of hydrogen-bond acceptors (Lipinski definition) is 2.